The van der Waals surface area contributed by atoms with Crippen LogP contribution in [0.1, 0.15) is 31.2 Å². The van der Waals surface area contributed by atoms with Gasteiger partial charge in [-0.3, -0.25) is 5.32 Å². The van der Waals surface area contributed by atoms with Gasteiger partial charge in [-0.25, -0.2) is 19.7 Å². The Labute approximate surface area is 207 Å². The van der Waals surface area contributed by atoms with Crippen LogP contribution in [0.3, 0.4) is 0 Å². The predicted octanol–water partition coefficient (Wildman–Crippen LogP) is 5.39. The minimum atomic E-state index is -0.466. The number of hydrogen-bond acceptors (Lipinski definition) is 7. The van der Waals surface area contributed by atoms with E-state index in [0.29, 0.717) is 28.3 Å². The molecule has 0 spiro atoms. The number of aromatic hydroxyl groups is 1. The number of nitriles is 1. The minimum Gasteiger partial charge on any atom is -0.504 e. The third-order valence-corrected chi connectivity index (χ3v) is 6.49. The lowest BCUT2D eigenvalue weighted by Gasteiger charge is -2.20. The Morgan fingerprint density at radius 1 is 1.06 bits per heavy atom. The molecule has 0 bridgehead atoms. The highest BCUT2D eigenvalue weighted by Crippen LogP contribution is 2.40. The zero-order valence-corrected chi connectivity index (χ0v) is 19.7. The van der Waals surface area contributed by atoms with Crippen molar-refractivity contribution in [3.8, 4) is 28.8 Å². The van der Waals surface area contributed by atoms with E-state index in [1.54, 1.807) is 36.4 Å². The van der Waals surface area contributed by atoms with Crippen LogP contribution in [0.4, 0.5) is 16.3 Å². The molecule has 4 aromatic rings. The average molecular weight is 481 g/mol. The number of pyridine rings is 1. The molecule has 0 unspecified atom stereocenters. The molecule has 0 saturated heterocycles. The van der Waals surface area contributed by atoms with Gasteiger partial charge in [0.05, 0.1) is 30.5 Å². The number of fused-ring (bicyclic) bond motifs is 1. The smallest absolute Gasteiger partial charge is 0.324 e. The van der Waals surface area contributed by atoms with Crippen molar-refractivity contribution in [2.75, 3.05) is 17.7 Å². The molecular weight excluding hydrogens is 456 g/mol. The van der Waals surface area contributed by atoms with Crippen LogP contribution in [0.15, 0.2) is 60.8 Å². The maximum atomic E-state index is 12.6. The van der Waals surface area contributed by atoms with Gasteiger partial charge < -0.3 is 15.2 Å². The molecule has 2 heterocycles. The first-order chi connectivity index (χ1) is 17.5. The van der Waals surface area contributed by atoms with E-state index in [9.17, 15) is 15.2 Å². The lowest BCUT2D eigenvalue weighted by Crippen LogP contribution is -2.21. The number of carbonyl (C=O) groups excluding carboxylic acids is 1. The molecule has 0 radical (unpaired) electrons. The first-order valence-corrected chi connectivity index (χ1v) is 11.6. The first-order valence-electron chi connectivity index (χ1n) is 11.6. The quantitative estimate of drug-likeness (QED) is 0.349. The van der Waals surface area contributed by atoms with E-state index < -0.39 is 11.4 Å². The molecule has 180 valence electrons. The Balaban J connectivity index is 1.30. The van der Waals surface area contributed by atoms with Gasteiger partial charge in [-0.2, -0.15) is 5.26 Å². The van der Waals surface area contributed by atoms with Gasteiger partial charge in [-0.15, -0.1) is 0 Å². The number of urea groups is 1. The molecule has 2 aromatic carbocycles. The first kappa shape index (κ1) is 23.1. The summed E-state index contributed by atoms with van der Waals surface area (Å²) in [6.45, 7) is 0. The van der Waals surface area contributed by atoms with Crippen molar-refractivity contribution in [3.63, 3.8) is 0 Å². The van der Waals surface area contributed by atoms with Crippen LogP contribution >= 0.6 is 0 Å². The largest absolute Gasteiger partial charge is 0.504 e. The Morgan fingerprint density at radius 2 is 1.83 bits per heavy atom. The summed E-state index contributed by atoms with van der Waals surface area (Å²) in [5.74, 6) is 0.627. The zero-order chi connectivity index (χ0) is 25.1. The highest BCUT2D eigenvalue weighted by molar-refractivity contribution is 5.99. The summed E-state index contributed by atoms with van der Waals surface area (Å²) in [4.78, 5) is 25.9. The second kappa shape index (κ2) is 9.50. The van der Waals surface area contributed by atoms with Crippen molar-refractivity contribution in [2.45, 2.75) is 31.1 Å². The molecule has 0 atom stereocenters. The van der Waals surface area contributed by atoms with Crippen molar-refractivity contribution in [3.05, 3.63) is 66.4 Å². The molecule has 2 aromatic heterocycles. The Hall–Kier alpha value is -4.71. The standard InChI is InChI=1S/C27H24N6O3/c1-36-23-14-17(4-11-22(23)34)20-9-10-21-25(31-20)32-24(15-29-21)33-26(35)30-19-7-5-18(6-8-19)27(16-28)12-2-3-13-27/h4-11,14-15,34H,2-3,12-13H2,1H3,(H2,30,31,32,33,35). The van der Waals surface area contributed by atoms with Crippen LogP contribution < -0.4 is 15.4 Å². The lowest BCUT2D eigenvalue weighted by molar-refractivity contribution is 0.262. The van der Waals surface area contributed by atoms with Crippen LogP contribution in [0.2, 0.25) is 0 Å². The van der Waals surface area contributed by atoms with E-state index in [2.05, 4.69) is 31.7 Å². The number of methoxy groups -OCH3 is 1. The highest BCUT2D eigenvalue weighted by atomic mass is 16.5. The number of phenolic OH excluding ortho intramolecular Hbond substituents is 1. The molecule has 1 aliphatic rings. The summed E-state index contributed by atoms with van der Waals surface area (Å²) < 4.78 is 5.17. The average Bonchev–Trinajstić information content (AvgIpc) is 3.39. The van der Waals surface area contributed by atoms with E-state index in [-0.39, 0.29) is 11.6 Å². The monoisotopic (exact) mass is 480 g/mol. The number of amides is 2. The number of benzene rings is 2. The molecule has 1 saturated carbocycles. The molecular formula is C27H24N6O3. The highest BCUT2D eigenvalue weighted by Gasteiger charge is 2.35. The second-order valence-electron chi connectivity index (χ2n) is 8.74. The van der Waals surface area contributed by atoms with Gasteiger partial charge in [0, 0.05) is 11.3 Å². The summed E-state index contributed by atoms with van der Waals surface area (Å²) in [5, 5.41) is 25.0. The van der Waals surface area contributed by atoms with Crippen molar-refractivity contribution >= 4 is 28.7 Å². The third kappa shape index (κ3) is 4.49. The SMILES string of the molecule is COc1cc(-c2ccc3ncc(NC(=O)Nc4ccc(C5(C#N)CCCC5)cc4)nc3n2)ccc1O. The number of phenols is 1. The Kier molecular flexibility index (Phi) is 6.09. The number of rotatable bonds is 5. The number of aromatic nitrogens is 3. The van der Waals surface area contributed by atoms with Crippen molar-refractivity contribution in [1.29, 1.82) is 5.26 Å². The van der Waals surface area contributed by atoms with Crippen molar-refractivity contribution in [2.24, 2.45) is 0 Å². The minimum absolute atomic E-state index is 0.0390. The summed E-state index contributed by atoms with van der Waals surface area (Å²) in [6.07, 6.45) is 5.32. The fourth-order valence-corrected chi connectivity index (χ4v) is 4.55. The van der Waals surface area contributed by atoms with E-state index in [0.717, 1.165) is 36.8 Å². The number of ether oxygens (including phenoxy) is 1. The van der Waals surface area contributed by atoms with Crippen molar-refractivity contribution < 1.29 is 14.6 Å². The molecule has 5 rings (SSSR count). The summed E-state index contributed by atoms with van der Waals surface area (Å²) >= 11 is 0. The number of anilines is 2. The van der Waals surface area contributed by atoms with Gasteiger partial charge in [0.2, 0.25) is 0 Å². The topological polar surface area (TPSA) is 133 Å². The number of hydrogen-bond donors (Lipinski definition) is 3. The van der Waals surface area contributed by atoms with E-state index in [1.807, 2.05) is 12.1 Å². The van der Waals surface area contributed by atoms with E-state index in [1.165, 1.54) is 19.4 Å². The van der Waals surface area contributed by atoms with Crippen LogP contribution in [0, 0.1) is 11.3 Å². The molecule has 2 amide bonds. The summed E-state index contributed by atoms with van der Waals surface area (Å²) in [6, 6.07) is 18.0. The van der Waals surface area contributed by atoms with Crippen LogP contribution in [0.25, 0.3) is 22.4 Å². The number of nitrogens with zero attached hydrogens (tertiary/aromatic N) is 4. The maximum absolute atomic E-state index is 12.6. The van der Waals surface area contributed by atoms with Crippen LogP contribution in [-0.4, -0.2) is 33.2 Å². The summed E-state index contributed by atoms with van der Waals surface area (Å²) in [7, 11) is 1.48. The number of carbonyl (C=O) groups is 1. The summed E-state index contributed by atoms with van der Waals surface area (Å²) in [5.41, 5.74) is 3.47. The molecule has 1 fully saturated rings. The fourth-order valence-electron chi connectivity index (χ4n) is 4.55. The predicted molar refractivity (Wildman–Crippen MR) is 136 cm³/mol. The molecule has 1 aliphatic carbocycles. The second-order valence-corrected chi connectivity index (χ2v) is 8.74. The maximum Gasteiger partial charge on any atom is 0.324 e. The van der Waals surface area contributed by atoms with Crippen LogP contribution in [0.5, 0.6) is 11.5 Å². The molecule has 9 nitrogen and oxygen atoms in total. The zero-order valence-electron chi connectivity index (χ0n) is 19.7. The Morgan fingerprint density at radius 3 is 2.56 bits per heavy atom. The van der Waals surface area contributed by atoms with Gasteiger partial charge in [0.15, 0.2) is 23.0 Å². The molecule has 36 heavy (non-hydrogen) atoms. The van der Waals surface area contributed by atoms with Gasteiger partial charge in [0.1, 0.15) is 5.52 Å². The van der Waals surface area contributed by atoms with E-state index in [4.69, 9.17) is 4.74 Å². The molecule has 0 aliphatic heterocycles. The Bertz CT molecular complexity index is 1470. The normalized spacial score (nSPS) is 14.2. The van der Waals surface area contributed by atoms with Crippen LogP contribution in [-0.2, 0) is 5.41 Å². The third-order valence-electron chi connectivity index (χ3n) is 6.49. The molecule has 3 N–H and O–H groups in total. The van der Waals surface area contributed by atoms with Gasteiger partial charge in [-0.05, 0) is 60.9 Å². The van der Waals surface area contributed by atoms with Crippen molar-refractivity contribution in [1.82, 2.24) is 15.0 Å². The number of nitrogens with one attached hydrogen (secondary N) is 2. The van der Waals surface area contributed by atoms with Gasteiger partial charge in [0.25, 0.3) is 0 Å². The van der Waals surface area contributed by atoms with Gasteiger partial charge in [-0.1, -0.05) is 25.0 Å². The lowest BCUT2D eigenvalue weighted by atomic mass is 9.80. The fraction of sp³-hybridized carbons (Fsp3) is 0.222. The van der Waals surface area contributed by atoms with Gasteiger partial charge >= 0.3 is 6.03 Å². The molecule has 9 heteroatoms. The van der Waals surface area contributed by atoms with E-state index >= 15 is 0 Å².